The molecule has 3 aromatic rings. The highest BCUT2D eigenvalue weighted by Crippen LogP contribution is 2.34. The summed E-state index contributed by atoms with van der Waals surface area (Å²) >= 11 is 1.67. The molecule has 1 aliphatic rings. The van der Waals surface area contributed by atoms with Gasteiger partial charge in [-0.15, -0.1) is 0 Å². The molecule has 6 nitrogen and oxygen atoms in total. The maximum atomic E-state index is 13.8. The SMILES string of the molecule is C.CSCC[C@@H](CC(=O)c1ccc(CNCc2cnc[nH]2)cc1C1C=CC=CC1C)C(=O)OCc1ccccc1. The summed E-state index contributed by atoms with van der Waals surface area (Å²) in [6, 6.07) is 15.7. The van der Waals surface area contributed by atoms with Crippen LogP contribution in [0.5, 0.6) is 0 Å². The van der Waals surface area contributed by atoms with Gasteiger partial charge in [0.05, 0.1) is 12.2 Å². The smallest absolute Gasteiger partial charge is 0.309 e. The summed E-state index contributed by atoms with van der Waals surface area (Å²) in [6.07, 6.45) is 14.7. The normalized spacial score (nSPS) is 16.8. The molecule has 212 valence electrons. The molecule has 0 fully saturated rings. The molecule has 1 heterocycles. The molecule has 1 aromatic heterocycles. The van der Waals surface area contributed by atoms with E-state index in [1.54, 1.807) is 24.3 Å². The van der Waals surface area contributed by atoms with Crippen LogP contribution < -0.4 is 5.32 Å². The molecule has 0 amide bonds. The number of hydrogen-bond acceptors (Lipinski definition) is 6. The Labute approximate surface area is 242 Å². The first-order valence-electron chi connectivity index (χ1n) is 13.4. The molecule has 4 rings (SSSR count). The Morgan fingerprint density at radius 2 is 1.88 bits per heavy atom. The van der Waals surface area contributed by atoms with Crippen LogP contribution in [0.2, 0.25) is 0 Å². The number of ether oxygens (including phenoxy) is 1. The minimum absolute atomic E-state index is 0. The number of aromatic amines is 1. The van der Waals surface area contributed by atoms with Crippen molar-refractivity contribution in [2.75, 3.05) is 12.0 Å². The molecule has 2 unspecified atom stereocenters. The maximum Gasteiger partial charge on any atom is 0.309 e. The van der Waals surface area contributed by atoms with Gasteiger partial charge in [0.15, 0.2) is 5.78 Å². The standard InChI is InChI=1S/C32H37N3O3S.CH4/c1-23-8-6-7-11-28(23)30-16-25(18-33-19-27-20-34-22-35-27)12-13-29(30)31(36)17-26(14-15-39-2)32(37)38-21-24-9-4-3-5-10-24;/h3-13,16,20,22-23,26,28,33H,14-15,17-19,21H2,1-2H3,(H,34,35);1H4/t23?,26-,28?;/m0./s1. The molecule has 0 aliphatic heterocycles. The number of ketones is 1. The summed E-state index contributed by atoms with van der Waals surface area (Å²) in [5, 5.41) is 3.44. The first kappa shape index (κ1) is 31.1. The van der Waals surface area contributed by atoms with E-state index in [0.29, 0.717) is 25.1 Å². The topological polar surface area (TPSA) is 84.1 Å². The van der Waals surface area contributed by atoms with Gasteiger partial charge < -0.3 is 15.0 Å². The highest BCUT2D eigenvalue weighted by molar-refractivity contribution is 7.98. The van der Waals surface area contributed by atoms with E-state index in [1.807, 2.05) is 54.8 Å². The largest absolute Gasteiger partial charge is 0.461 e. The van der Waals surface area contributed by atoms with Gasteiger partial charge in [0.1, 0.15) is 6.61 Å². The molecule has 0 bridgehead atoms. The number of nitrogens with zero attached hydrogens (tertiary/aromatic N) is 1. The average Bonchev–Trinajstić information content (AvgIpc) is 3.48. The molecular formula is C33H41N3O3S. The number of H-pyrrole nitrogens is 1. The van der Waals surface area contributed by atoms with E-state index in [-0.39, 0.29) is 44.0 Å². The van der Waals surface area contributed by atoms with Crippen molar-refractivity contribution in [3.8, 4) is 0 Å². The van der Waals surface area contributed by atoms with Gasteiger partial charge >= 0.3 is 5.97 Å². The molecule has 7 heteroatoms. The van der Waals surface area contributed by atoms with E-state index >= 15 is 0 Å². The number of hydrogen-bond donors (Lipinski definition) is 2. The van der Waals surface area contributed by atoms with Crippen molar-refractivity contribution in [1.29, 1.82) is 0 Å². The number of allylic oxidation sites excluding steroid dienone is 4. The Morgan fingerprint density at radius 1 is 1.07 bits per heavy atom. The average molecular weight is 560 g/mol. The lowest BCUT2D eigenvalue weighted by molar-refractivity contribution is -0.149. The molecule has 0 saturated carbocycles. The van der Waals surface area contributed by atoms with Gasteiger partial charge in [-0.2, -0.15) is 11.8 Å². The zero-order valence-electron chi connectivity index (χ0n) is 22.6. The van der Waals surface area contributed by atoms with Crippen LogP contribution in [0.1, 0.15) is 65.9 Å². The van der Waals surface area contributed by atoms with Crippen LogP contribution in [0.3, 0.4) is 0 Å². The van der Waals surface area contributed by atoms with Crippen LogP contribution in [0.15, 0.2) is 85.4 Å². The van der Waals surface area contributed by atoms with Crippen LogP contribution in [-0.4, -0.2) is 33.7 Å². The fourth-order valence-corrected chi connectivity index (χ4v) is 5.34. The van der Waals surface area contributed by atoms with E-state index in [2.05, 4.69) is 46.5 Å². The molecular weight excluding hydrogens is 518 g/mol. The van der Waals surface area contributed by atoms with Gasteiger partial charge in [-0.05, 0) is 41.0 Å². The van der Waals surface area contributed by atoms with Gasteiger partial charge in [-0.1, -0.05) is 87.2 Å². The third kappa shape index (κ3) is 8.80. The van der Waals surface area contributed by atoms with Crippen LogP contribution >= 0.6 is 11.8 Å². The summed E-state index contributed by atoms with van der Waals surface area (Å²) in [5.74, 6) is 0.348. The first-order chi connectivity index (χ1) is 19.0. The first-order valence-corrected chi connectivity index (χ1v) is 14.8. The fraction of sp³-hybridized carbons (Fsp3) is 0.364. The Hall–Kier alpha value is -3.42. The van der Waals surface area contributed by atoms with Crippen molar-refractivity contribution < 1.29 is 14.3 Å². The van der Waals surface area contributed by atoms with Crippen LogP contribution in [-0.2, 0) is 29.2 Å². The highest BCUT2D eigenvalue weighted by atomic mass is 32.2. The third-order valence-electron chi connectivity index (χ3n) is 7.05. The summed E-state index contributed by atoms with van der Waals surface area (Å²) in [5.41, 5.74) is 4.76. The number of rotatable bonds is 14. The highest BCUT2D eigenvalue weighted by Gasteiger charge is 2.28. The number of Topliss-reactive ketones (excluding diaryl/α,β-unsaturated/α-hetero) is 1. The number of imidazole rings is 1. The molecule has 0 radical (unpaired) electrons. The molecule has 2 N–H and O–H groups in total. The second-order valence-corrected chi connectivity index (χ2v) is 10.9. The molecule has 1 aliphatic carbocycles. The lowest BCUT2D eigenvalue weighted by Crippen LogP contribution is -2.23. The molecule has 3 atom stereocenters. The minimum atomic E-state index is -0.475. The van der Waals surface area contributed by atoms with Crippen molar-refractivity contribution in [2.45, 2.75) is 52.8 Å². The monoisotopic (exact) mass is 559 g/mol. The van der Waals surface area contributed by atoms with Gasteiger partial charge in [0, 0.05) is 42.9 Å². The van der Waals surface area contributed by atoms with Crippen molar-refractivity contribution in [1.82, 2.24) is 15.3 Å². The predicted molar refractivity (Wildman–Crippen MR) is 164 cm³/mol. The lowest BCUT2D eigenvalue weighted by atomic mass is 9.79. The van der Waals surface area contributed by atoms with E-state index in [4.69, 9.17) is 4.74 Å². The number of thioether (sulfide) groups is 1. The summed E-state index contributed by atoms with van der Waals surface area (Å²) < 4.78 is 5.65. The number of benzene rings is 2. The van der Waals surface area contributed by atoms with Crippen LogP contribution in [0, 0.1) is 11.8 Å². The van der Waals surface area contributed by atoms with E-state index < -0.39 is 5.92 Å². The summed E-state index contributed by atoms with van der Waals surface area (Å²) in [7, 11) is 0. The lowest BCUT2D eigenvalue weighted by Gasteiger charge is -2.25. The summed E-state index contributed by atoms with van der Waals surface area (Å²) in [6.45, 7) is 3.74. The fourth-order valence-electron chi connectivity index (χ4n) is 4.82. The zero-order valence-corrected chi connectivity index (χ0v) is 23.5. The Balaban J connectivity index is 0.00000441. The predicted octanol–water partition coefficient (Wildman–Crippen LogP) is 6.87. The second kappa shape index (κ2) is 16.0. The third-order valence-corrected chi connectivity index (χ3v) is 7.69. The Kier molecular flexibility index (Phi) is 12.4. The van der Waals surface area contributed by atoms with Crippen molar-refractivity contribution in [3.05, 3.63) is 113 Å². The quantitative estimate of drug-likeness (QED) is 0.166. The molecule has 0 saturated heterocycles. The maximum absolute atomic E-state index is 13.8. The van der Waals surface area contributed by atoms with Gasteiger partial charge in [-0.25, -0.2) is 4.98 Å². The van der Waals surface area contributed by atoms with Crippen LogP contribution in [0.4, 0.5) is 0 Å². The number of nitrogens with one attached hydrogen (secondary N) is 2. The van der Waals surface area contributed by atoms with E-state index in [0.717, 1.165) is 28.1 Å². The van der Waals surface area contributed by atoms with Gasteiger partial charge in [-0.3, -0.25) is 9.59 Å². The zero-order chi connectivity index (χ0) is 27.5. The molecule has 2 aromatic carbocycles. The Morgan fingerprint density at radius 3 is 2.60 bits per heavy atom. The van der Waals surface area contributed by atoms with Crippen LogP contribution in [0.25, 0.3) is 0 Å². The second-order valence-electron chi connectivity index (χ2n) is 9.96. The molecule has 0 spiro atoms. The minimum Gasteiger partial charge on any atom is -0.461 e. The van der Waals surface area contributed by atoms with Crippen molar-refractivity contribution in [2.24, 2.45) is 11.8 Å². The number of carbonyl (C=O) groups is 2. The number of carbonyl (C=O) groups excluding carboxylic acids is 2. The Bertz CT molecular complexity index is 1270. The van der Waals surface area contributed by atoms with Gasteiger partial charge in [0.25, 0.3) is 0 Å². The number of aromatic nitrogens is 2. The van der Waals surface area contributed by atoms with Crippen molar-refractivity contribution in [3.63, 3.8) is 0 Å². The number of esters is 1. The van der Waals surface area contributed by atoms with E-state index in [9.17, 15) is 9.59 Å². The van der Waals surface area contributed by atoms with E-state index in [1.165, 1.54) is 0 Å². The summed E-state index contributed by atoms with van der Waals surface area (Å²) in [4.78, 5) is 34.0. The van der Waals surface area contributed by atoms with Gasteiger partial charge in [0.2, 0.25) is 0 Å². The van der Waals surface area contributed by atoms with Crippen molar-refractivity contribution >= 4 is 23.5 Å². The molecule has 40 heavy (non-hydrogen) atoms.